The number of hydrogen-bond donors (Lipinski definition) is 2. The van der Waals surface area contributed by atoms with Crippen LogP contribution in [0.1, 0.15) is 6.92 Å². The topological polar surface area (TPSA) is 55.4 Å². The number of amides is 1. The molecule has 0 aromatic rings. The molecule has 0 saturated heterocycles. The lowest BCUT2D eigenvalue weighted by molar-refractivity contribution is -0.138. The molecule has 5 heteroatoms. The van der Waals surface area contributed by atoms with Crippen LogP contribution >= 0.6 is 12.6 Å². The molecule has 0 aromatic carbocycles. The lowest BCUT2D eigenvalue weighted by Crippen LogP contribution is -2.23. The fourth-order valence-corrected chi connectivity index (χ4v) is 0.537. The first-order valence-corrected chi connectivity index (χ1v) is 3.78. The van der Waals surface area contributed by atoms with Gasteiger partial charge in [0.1, 0.15) is 6.61 Å². The molecule has 4 nitrogen and oxygen atoms in total. The zero-order valence-corrected chi connectivity index (χ0v) is 7.69. The number of carbonyl (C=O) groups is 2. The van der Waals surface area contributed by atoms with E-state index in [2.05, 4.69) is 29.3 Å². The van der Waals surface area contributed by atoms with E-state index in [1.165, 1.54) is 0 Å². The number of ether oxygens (including phenoxy) is 1. The third-order valence-corrected chi connectivity index (χ3v) is 1.12. The quantitative estimate of drug-likeness (QED) is 0.297. The molecular weight excluding hydrogens is 178 g/mol. The van der Waals surface area contributed by atoms with Gasteiger partial charge < -0.3 is 10.1 Å². The van der Waals surface area contributed by atoms with Crippen LogP contribution in [0.25, 0.3) is 0 Å². The van der Waals surface area contributed by atoms with E-state index in [1.807, 2.05) is 0 Å². The van der Waals surface area contributed by atoms with Crippen molar-refractivity contribution in [2.75, 3.05) is 13.2 Å². The predicted molar refractivity (Wildman–Crippen MR) is 48.2 cm³/mol. The monoisotopic (exact) mass is 189 g/mol. The lowest BCUT2D eigenvalue weighted by atomic mass is 10.4. The van der Waals surface area contributed by atoms with Crippen molar-refractivity contribution in [3.05, 3.63) is 12.2 Å². The van der Waals surface area contributed by atoms with Gasteiger partial charge in [0.15, 0.2) is 0 Å². The molecule has 0 spiro atoms. The molecule has 1 N–H and O–H groups in total. The van der Waals surface area contributed by atoms with Crippen molar-refractivity contribution in [3.63, 3.8) is 0 Å². The minimum atomic E-state index is -0.455. The first kappa shape index (κ1) is 11.0. The van der Waals surface area contributed by atoms with Crippen LogP contribution in [0.2, 0.25) is 0 Å². The van der Waals surface area contributed by atoms with Crippen molar-refractivity contribution >= 4 is 23.8 Å². The fraction of sp³-hybridized carbons (Fsp3) is 0.429. The first-order valence-electron chi connectivity index (χ1n) is 3.33. The van der Waals surface area contributed by atoms with E-state index in [9.17, 15) is 9.59 Å². The summed E-state index contributed by atoms with van der Waals surface area (Å²) in [5.41, 5.74) is 0.340. The van der Waals surface area contributed by atoms with Gasteiger partial charge in [-0.1, -0.05) is 19.2 Å². The number of nitrogens with one attached hydrogen (secondary N) is 1. The molecule has 0 saturated carbocycles. The number of rotatable bonds is 4. The third-order valence-electron chi connectivity index (χ3n) is 0.960. The Kier molecular flexibility index (Phi) is 5.19. The Bertz CT molecular complexity index is 203. The van der Waals surface area contributed by atoms with Gasteiger partial charge in [0.2, 0.25) is 0 Å². The molecule has 0 aliphatic rings. The lowest BCUT2D eigenvalue weighted by Gasteiger charge is -2.03. The van der Waals surface area contributed by atoms with Crippen LogP contribution < -0.4 is 5.32 Å². The summed E-state index contributed by atoms with van der Waals surface area (Å²) >= 11 is 3.46. The van der Waals surface area contributed by atoms with Gasteiger partial charge in [-0.3, -0.25) is 4.79 Å². The molecule has 0 aromatic heterocycles. The van der Waals surface area contributed by atoms with E-state index in [1.54, 1.807) is 6.92 Å². The number of thiol groups is 1. The first-order chi connectivity index (χ1) is 5.54. The highest BCUT2D eigenvalue weighted by molar-refractivity contribution is 7.96. The molecule has 0 atom stereocenters. The SMILES string of the molecule is C=C(C)C(=O)OCCNC(=O)S. The van der Waals surface area contributed by atoms with Crippen LogP contribution in [0.4, 0.5) is 4.79 Å². The van der Waals surface area contributed by atoms with E-state index < -0.39 is 11.2 Å². The van der Waals surface area contributed by atoms with E-state index in [0.29, 0.717) is 5.57 Å². The summed E-state index contributed by atoms with van der Waals surface area (Å²) < 4.78 is 4.67. The molecule has 12 heavy (non-hydrogen) atoms. The minimum absolute atomic E-state index is 0.137. The third kappa shape index (κ3) is 5.79. The van der Waals surface area contributed by atoms with Gasteiger partial charge in [0.25, 0.3) is 5.24 Å². The smallest absolute Gasteiger partial charge is 0.333 e. The summed E-state index contributed by atoms with van der Waals surface area (Å²) in [6.07, 6.45) is 0. The van der Waals surface area contributed by atoms with Gasteiger partial charge in [0, 0.05) is 5.57 Å². The number of hydrogen-bond acceptors (Lipinski definition) is 3. The molecular formula is C7H11NO3S. The molecule has 0 radical (unpaired) electrons. The van der Waals surface area contributed by atoms with Crippen LogP contribution in [0, 0.1) is 0 Å². The Balaban J connectivity index is 3.38. The van der Waals surface area contributed by atoms with Crippen molar-refractivity contribution < 1.29 is 14.3 Å². The Labute approximate surface area is 76.4 Å². The van der Waals surface area contributed by atoms with Gasteiger partial charge in [-0.25, -0.2) is 4.79 Å². The average Bonchev–Trinajstić information content (AvgIpc) is 1.97. The maximum atomic E-state index is 10.7. The minimum Gasteiger partial charge on any atom is -0.460 e. The van der Waals surface area contributed by atoms with E-state index in [4.69, 9.17) is 0 Å². The Morgan fingerprint density at radius 2 is 2.17 bits per heavy atom. The second-order valence-electron chi connectivity index (χ2n) is 2.15. The van der Waals surface area contributed by atoms with E-state index >= 15 is 0 Å². The summed E-state index contributed by atoms with van der Waals surface area (Å²) in [7, 11) is 0. The fourth-order valence-electron chi connectivity index (χ4n) is 0.425. The Morgan fingerprint density at radius 3 is 2.58 bits per heavy atom. The van der Waals surface area contributed by atoms with Crippen molar-refractivity contribution in [1.82, 2.24) is 5.32 Å². The zero-order chi connectivity index (χ0) is 9.56. The molecule has 0 bridgehead atoms. The van der Waals surface area contributed by atoms with Crippen LogP contribution in [-0.4, -0.2) is 24.4 Å². The predicted octanol–water partition coefficient (Wildman–Crippen LogP) is 0.745. The standard InChI is InChI=1S/C7H11NO3S/c1-5(2)6(9)11-4-3-8-7(10)12/h1,3-4H2,2H3,(H2,8,10,12). The highest BCUT2D eigenvalue weighted by Crippen LogP contribution is 1.90. The zero-order valence-electron chi connectivity index (χ0n) is 6.79. The van der Waals surface area contributed by atoms with Gasteiger partial charge in [-0.2, -0.15) is 0 Å². The van der Waals surface area contributed by atoms with Crippen LogP contribution in [0.3, 0.4) is 0 Å². The van der Waals surface area contributed by atoms with Crippen molar-refractivity contribution in [2.45, 2.75) is 6.92 Å². The summed E-state index contributed by atoms with van der Waals surface area (Å²) in [6.45, 7) is 5.35. The molecule has 0 unspecified atom stereocenters. The Morgan fingerprint density at radius 1 is 1.58 bits per heavy atom. The summed E-state index contributed by atoms with van der Waals surface area (Å²) in [6, 6.07) is 0. The van der Waals surface area contributed by atoms with Crippen LogP contribution in [-0.2, 0) is 9.53 Å². The molecule has 0 fully saturated rings. The normalized spacial score (nSPS) is 8.83. The van der Waals surface area contributed by atoms with Crippen LogP contribution in [0.5, 0.6) is 0 Å². The summed E-state index contributed by atoms with van der Waals surface area (Å²) in [4.78, 5) is 21.0. The van der Waals surface area contributed by atoms with Gasteiger partial charge >= 0.3 is 5.97 Å². The maximum Gasteiger partial charge on any atom is 0.333 e. The van der Waals surface area contributed by atoms with Gasteiger partial charge in [0.05, 0.1) is 6.54 Å². The molecule has 0 aliphatic carbocycles. The van der Waals surface area contributed by atoms with Crippen LogP contribution in [0.15, 0.2) is 12.2 Å². The average molecular weight is 189 g/mol. The van der Waals surface area contributed by atoms with Crippen molar-refractivity contribution in [1.29, 1.82) is 0 Å². The molecule has 1 amide bonds. The van der Waals surface area contributed by atoms with Crippen molar-refractivity contribution in [3.8, 4) is 0 Å². The molecule has 0 aliphatic heterocycles. The second kappa shape index (κ2) is 5.65. The molecule has 0 heterocycles. The molecule has 68 valence electrons. The van der Waals surface area contributed by atoms with E-state index in [0.717, 1.165) is 0 Å². The van der Waals surface area contributed by atoms with Crippen molar-refractivity contribution in [2.24, 2.45) is 0 Å². The maximum absolute atomic E-state index is 10.7. The highest BCUT2D eigenvalue weighted by Gasteiger charge is 2.01. The van der Waals surface area contributed by atoms with E-state index in [-0.39, 0.29) is 13.2 Å². The molecule has 0 rings (SSSR count). The highest BCUT2D eigenvalue weighted by atomic mass is 32.1. The second-order valence-corrected chi connectivity index (χ2v) is 2.55. The van der Waals surface area contributed by atoms with Gasteiger partial charge in [-0.15, -0.1) is 0 Å². The summed E-state index contributed by atoms with van der Waals surface area (Å²) in [5, 5.41) is 1.92. The Hall–Kier alpha value is -0.970. The number of carbonyl (C=O) groups excluding carboxylic acids is 2. The van der Waals surface area contributed by atoms with Gasteiger partial charge in [-0.05, 0) is 6.92 Å². The summed E-state index contributed by atoms with van der Waals surface area (Å²) in [5.74, 6) is -0.455. The number of esters is 1. The largest absolute Gasteiger partial charge is 0.460 e.